The molecular weight excluding hydrogens is 294 g/mol. The Kier molecular flexibility index (Phi) is 4.52. The Morgan fingerprint density at radius 2 is 2.24 bits per heavy atom. The highest BCUT2D eigenvalue weighted by atomic mass is 32.2. The quantitative estimate of drug-likeness (QED) is 0.780. The van der Waals surface area contributed by atoms with Gasteiger partial charge in [0.25, 0.3) is 0 Å². The zero-order valence-electron chi connectivity index (χ0n) is 12.2. The van der Waals surface area contributed by atoms with E-state index in [0.29, 0.717) is 25.9 Å². The second-order valence-electron chi connectivity index (χ2n) is 5.27. The van der Waals surface area contributed by atoms with Crippen molar-refractivity contribution in [3.63, 3.8) is 0 Å². The van der Waals surface area contributed by atoms with Crippen LogP contribution in [-0.2, 0) is 21.4 Å². The Morgan fingerprint density at radius 1 is 1.52 bits per heavy atom. The molecule has 0 spiro atoms. The van der Waals surface area contributed by atoms with Crippen LogP contribution in [0.3, 0.4) is 0 Å². The van der Waals surface area contributed by atoms with E-state index in [9.17, 15) is 13.2 Å². The normalized spacial score (nSPS) is 20.0. The van der Waals surface area contributed by atoms with E-state index in [1.54, 1.807) is 7.05 Å². The summed E-state index contributed by atoms with van der Waals surface area (Å²) in [5.41, 5.74) is 5.70. The van der Waals surface area contributed by atoms with Gasteiger partial charge in [-0.3, -0.25) is 9.48 Å². The molecule has 1 aliphatic rings. The molecule has 1 aliphatic heterocycles. The number of aromatic nitrogens is 2. The molecule has 1 aromatic heterocycles. The molecule has 1 fully saturated rings. The molecule has 9 heteroatoms. The summed E-state index contributed by atoms with van der Waals surface area (Å²) in [5.74, 6) is 0.0249. The minimum Gasteiger partial charge on any atom is -0.381 e. The topological polar surface area (TPSA) is 110 Å². The van der Waals surface area contributed by atoms with Gasteiger partial charge in [0.15, 0.2) is 5.82 Å². The molecule has 1 amide bonds. The van der Waals surface area contributed by atoms with E-state index >= 15 is 0 Å². The molecule has 0 radical (unpaired) electrons. The highest BCUT2D eigenvalue weighted by Gasteiger charge is 2.29. The molecule has 8 nitrogen and oxygen atoms in total. The van der Waals surface area contributed by atoms with Crippen molar-refractivity contribution in [2.75, 3.05) is 19.3 Å². The van der Waals surface area contributed by atoms with Crippen LogP contribution in [0.2, 0.25) is 0 Å². The van der Waals surface area contributed by atoms with Gasteiger partial charge in [0.2, 0.25) is 15.9 Å². The van der Waals surface area contributed by atoms with E-state index in [-0.39, 0.29) is 22.7 Å². The van der Waals surface area contributed by atoms with Gasteiger partial charge < -0.3 is 10.6 Å². The second kappa shape index (κ2) is 6.02. The maximum Gasteiger partial charge on any atom is 0.246 e. The van der Waals surface area contributed by atoms with Crippen LogP contribution in [0.5, 0.6) is 0 Å². The molecule has 2 rings (SSSR count). The van der Waals surface area contributed by atoms with Gasteiger partial charge >= 0.3 is 0 Å². The molecule has 1 aromatic rings. The minimum absolute atomic E-state index is 0.00353. The maximum atomic E-state index is 12.4. The van der Waals surface area contributed by atoms with Crippen LogP contribution in [0.15, 0.2) is 11.1 Å². The lowest BCUT2D eigenvalue weighted by Crippen LogP contribution is -2.48. The Hall–Kier alpha value is -1.61. The fourth-order valence-corrected chi connectivity index (χ4v) is 3.69. The third kappa shape index (κ3) is 3.53. The number of aryl methyl sites for hydroxylation is 1. The van der Waals surface area contributed by atoms with Crippen LogP contribution >= 0.6 is 0 Å². The van der Waals surface area contributed by atoms with Gasteiger partial charge in [-0.2, -0.15) is 5.10 Å². The van der Waals surface area contributed by atoms with Crippen molar-refractivity contribution < 1.29 is 13.2 Å². The van der Waals surface area contributed by atoms with E-state index < -0.39 is 10.0 Å². The third-order valence-electron chi connectivity index (χ3n) is 3.45. The van der Waals surface area contributed by atoms with Crippen molar-refractivity contribution in [3.8, 4) is 0 Å². The zero-order chi connectivity index (χ0) is 15.6. The lowest BCUT2D eigenvalue weighted by molar-refractivity contribution is -0.132. The Bertz CT molecular complexity index is 625. The molecule has 21 heavy (non-hydrogen) atoms. The first-order valence-corrected chi connectivity index (χ1v) is 8.41. The first-order valence-electron chi connectivity index (χ1n) is 6.92. The van der Waals surface area contributed by atoms with Crippen molar-refractivity contribution >= 4 is 21.7 Å². The summed E-state index contributed by atoms with van der Waals surface area (Å²) in [6.07, 6.45) is 3.11. The predicted octanol–water partition coefficient (Wildman–Crippen LogP) is -0.226. The largest absolute Gasteiger partial charge is 0.381 e. The molecule has 0 aliphatic carbocycles. The van der Waals surface area contributed by atoms with Crippen molar-refractivity contribution in [2.45, 2.75) is 43.7 Å². The molecule has 1 atom stereocenters. The standard InChI is InChI=1S/C12H21N5O3S/c1-3-6-17-8-10(12(13)14-17)21(19,20)15-9-4-5-11(18)16(2)7-9/h8-9,15H,3-7H2,1-2H3,(H2,13,14). The summed E-state index contributed by atoms with van der Waals surface area (Å²) in [5, 5.41) is 4.00. The van der Waals surface area contributed by atoms with Crippen molar-refractivity contribution in [1.82, 2.24) is 19.4 Å². The molecule has 0 bridgehead atoms. The van der Waals surface area contributed by atoms with Crippen LogP contribution in [0.25, 0.3) is 0 Å². The molecule has 3 N–H and O–H groups in total. The Labute approximate surface area is 124 Å². The number of piperidine rings is 1. The number of nitrogen functional groups attached to an aromatic ring is 1. The monoisotopic (exact) mass is 315 g/mol. The summed E-state index contributed by atoms with van der Waals surface area (Å²) < 4.78 is 28.9. The number of likely N-dealkylation sites (tertiary alicyclic amines) is 1. The van der Waals surface area contributed by atoms with Crippen LogP contribution in [0.4, 0.5) is 5.82 Å². The summed E-state index contributed by atoms with van der Waals surface area (Å²) in [6.45, 7) is 2.95. The van der Waals surface area contributed by atoms with Crippen molar-refractivity contribution in [3.05, 3.63) is 6.20 Å². The first-order chi connectivity index (χ1) is 9.83. The fraction of sp³-hybridized carbons (Fsp3) is 0.667. The summed E-state index contributed by atoms with van der Waals surface area (Å²) in [6, 6.07) is -0.299. The van der Waals surface area contributed by atoms with E-state index in [1.165, 1.54) is 15.8 Å². The Balaban J connectivity index is 2.13. The van der Waals surface area contributed by atoms with Crippen LogP contribution in [0.1, 0.15) is 26.2 Å². The van der Waals surface area contributed by atoms with Crippen molar-refractivity contribution in [2.24, 2.45) is 0 Å². The average molecular weight is 315 g/mol. The third-order valence-corrected chi connectivity index (χ3v) is 4.98. The number of hydrogen-bond acceptors (Lipinski definition) is 5. The van der Waals surface area contributed by atoms with Gasteiger partial charge in [-0.1, -0.05) is 6.92 Å². The zero-order valence-corrected chi connectivity index (χ0v) is 13.1. The van der Waals surface area contributed by atoms with Gasteiger partial charge in [-0.05, 0) is 12.8 Å². The van der Waals surface area contributed by atoms with Gasteiger partial charge in [-0.15, -0.1) is 0 Å². The number of nitrogens with two attached hydrogens (primary N) is 1. The molecular formula is C12H21N5O3S. The summed E-state index contributed by atoms with van der Waals surface area (Å²) >= 11 is 0. The van der Waals surface area contributed by atoms with Crippen LogP contribution in [-0.4, -0.2) is 48.6 Å². The van der Waals surface area contributed by atoms with E-state index in [4.69, 9.17) is 5.73 Å². The summed E-state index contributed by atoms with van der Waals surface area (Å²) in [7, 11) is -2.06. The highest BCUT2D eigenvalue weighted by Crippen LogP contribution is 2.19. The van der Waals surface area contributed by atoms with E-state index in [2.05, 4.69) is 9.82 Å². The van der Waals surface area contributed by atoms with E-state index in [0.717, 1.165) is 6.42 Å². The fourth-order valence-electron chi connectivity index (χ4n) is 2.36. The molecule has 0 saturated carbocycles. The molecule has 0 aromatic carbocycles. The molecule has 1 unspecified atom stereocenters. The van der Waals surface area contributed by atoms with Gasteiger partial charge in [0, 0.05) is 38.8 Å². The number of nitrogens with one attached hydrogen (secondary N) is 1. The average Bonchev–Trinajstić information content (AvgIpc) is 2.76. The lowest BCUT2D eigenvalue weighted by atomic mass is 10.1. The van der Waals surface area contributed by atoms with Gasteiger partial charge in [0.1, 0.15) is 4.90 Å². The number of sulfonamides is 1. The smallest absolute Gasteiger partial charge is 0.246 e. The molecule has 118 valence electrons. The van der Waals surface area contributed by atoms with Crippen LogP contribution in [0, 0.1) is 0 Å². The number of likely N-dealkylation sites (N-methyl/N-ethyl adjacent to an activating group) is 1. The number of carbonyl (C=O) groups is 1. The molecule has 2 heterocycles. The first kappa shape index (κ1) is 15.8. The molecule has 1 saturated heterocycles. The van der Waals surface area contributed by atoms with E-state index in [1.807, 2.05) is 6.92 Å². The SMILES string of the molecule is CCCn1cc(S(=O)(=O)NC2CCC(=O)N(C)C2)c(N)n1. The minimum atomic E-state index is -3.73. The number of amides is 1. The van der Waals surface area contributed by atoms with Gasteiger partial charge in [0.05, 0.1) is 0 Å². The Morgan fingerprint density at radius 3 is 2.86 bits per heavy atom. The second-order valence-corrected chi connectivity index (χ2v) is 6.96. The summed E-state index contributed by atoms with van der Waals surface area (Å²) in [4.78, 5) is 12.9. The van der Waals surface area contributed by atoms with Gasteiger partial charge in [-0.25, -0.2) is 13.1 Å². The lowest BCUT2D eigenvalue weighted by Gasteiger charge is -2.29. The number of rotatable bonds is 5. The number of nitrogens with zero attached hydrogens (tertiary/aromatic N) is 3. The maximum absolute atomic E-state index is 12.4. The highest BCUT2D eigenvalue weighted by molar-refractivity contribution is 7.89. The predicted molar refractivity (Wildman–Crippen MR) is 77.9 cm³/mol. The number of hydrogen-bond donors (Lipinski definition) is 2. The van der Waals surface area contributed by atoms with Crippen molar-refractivity contribution in [1.29, 1.82) is 0 Å². The number of carbonyl (C=O) groups excluding carboxylic acids is 1. The number of anilines is 1. The van der Waals surface area contributed by atoms with Crippen LogP contribution < -0.4 is 10.5 Å².